The highest BCUT2D eigenvalue weighted by atomic mass is 16.3. The summed E-state index contributed by atoms with van der Waals surface area (Å²) < 4.78 is 0. The fourth-order valence-corrected chi connectivity index (χ4v) is 2.46. The van der Waals surface area contributed by atoms with Crippen molar-refractivity contribution in [3.8, 4) is 0 Å². The number of hydrogen-bond acceptors (Lipinski definition) is 1. The Hall–Kier alpha value is -0.0800. The molecule has 2 heteroatoms. The third-order valence-electron chi connectivity index (χ3n) is 3.31. The van der Waals surface area contributed by atoms with Crippen LogP contribution in [0.3, 0.4) is 0 Å². The zero-order valence-electron chi connectivity index (χ0n) is 6.51. The van der Waals surface area contributed by atoms with E-state index >= 15 is 0 Å². The van der Waals surface area contributed by atoms with E-state index in [-0.39, 0.29) is 6.10 Å². The van der Waals surface area contributed by atoms with Crippen LogP contribution in [0.4, 0.5) is 0 Å². The van der Waals surface area contributed by atoms with Crippen LogP contribution in [-0.4, -0.2) is 30.3 Å². The predicted molar refractivity (Wildman–Crippen MR) is 38.9 cm³/mol. The Morgan fingerprint density at radius 3 is 2.20 bits per heavy atom. The number of rotatable bonds is 0. The van der Waals surface area contributed by atoms with Gasteiger partial charge in [-0.05, 0) is 6.92 Å². The molecule has 2 bridgehead atoms. The molecule has 3 aliphatic rings. The molecule has 3 rings (SSSR count). The molecule has 0 aliphatic carbocycles. The quantitative estimate of drug-likeness (QED) is 0.447. The molecule has 0 aromatic carbocycles. The number of hydrogen-bond donors (Lipinski definition) is 2. The molecule has 0 aromatic heterocycles. The first kappa shape index (κ1) is 6.62. The van der Waals surface area contributed by atoms with Gasteiger partial charge in [-0.15, -0.1) is 0 Å². The summed E-state index contributed by atoms with van der Waals surface area (Å²) in [5, 5.41) is 9.65. The maximum absolute atomic E-state index is 9.65. The highest BCUT2D eigenvalue weighted by Crippen LogP contribution is 2.21. The minimum Gasteiger partial charge on any atom is -0.387 e. The molecule has 58 valence electrons. The topological polar surface area (TPSA) is 24.7 Å². The third kappa shape index (κ3) is 0.789. The van der Waals surface area contributed by atoms with Crippen molar-refractivity contribution in [1.29, 1.82) is 0 Å². The maximum Gasteiger partial charge on any atom is 0.111 e. The van der Waals surface area contributed by atoms with Crippen LogP contribution in [-0.2, 0) is 0 Å². The molecule has 2 N–H and O–H groups in total. The molecule has 3 heterocycles. The first-order valence-corrected chi connectivity index (χ1v) is 4.31. The second-order valence-corrected chi connectivity index (χ2v) is 3.77. The average Bonchev–Trinajstić information content (AvgIpc) is 2.00. The van der Waals surface area contributed by atoms with Crippen LogP contribution in [0.25, 0.3) is 0 Å². The lowest BCUT2D eigenvalue weighted by molar-refractivity contribution is -0.944. The van der Waals surface area contributed by atoms with Crippen molar-refractivity contribution in [2.24, 2.45) is 5.92 Å². The summed E-state index contributed by atoms with van der Waals surface area (Å²) in [4.78, 5) is 1.62. The lowest BCUT2D eigenvalue weighted by Gasteiger charge is -2.44. The molecule has 3 aliphatic heterocycles. The zero-order valence-corrected chi connectivity index (χ0v) is 6.51. The van der Waals surface area contributed by atoms with E-state index in [1.807, 2.05) is 0 Å². The van der Waals surface area contributed by atoms with Crippen molar-refractivity contribution in [2.45, 2.75) is 31.9 Å². The van der Waals surface area contributed by atoms with Gasteiger partial charge in [0.05, 0.1) is 13.1 Å². The van der Waals surface area contributed by atoms with Crippen LogP contribution in [0, 0.1) is 5.92 Å². The van der Waals surface area contributed by atoms with Crippen molar-refractivity contribution in [1.82, 2.24) is 0 Å². The normalized spacial score (nSPS) is 53.4. The highest BCUT2D eigenvalue weighted by Gasteiger charge is 2.41. The van der Waals surface area contributed by atoms with E-state index in [0.29, 0.717) is 12.0 Å². The van der Waals surface area contributed by atoms with E-state index in [4.69, 9.17) is 0 Å². The largest absolute Gasteiger partial charge is 0.387 e. The molecule has 3 fully saturated rings. The van der Waals surface area contributed by atoms with Gasteiger partial charge in [0.25, 0.3) is 0 Å². The van der Waals surface area contributed by atoms with Gasteiger partial charge in [-0.1, -0.05) is 0 Å². The Labute approximate surface area is 61.8 Å². The molecular formula is C8H16NO+. The van der Waals surface area contributed by atoms with Crippen LogP contribution in [0.15, 0.2) is 0 Å². The van der Waals surface area contributed by atoms with Gasteiger partial charge in [0, 0.05) is 18.8 Å². The van der Waals surface area contributed by atoms with Crippen molar-refractivity contribution >= 4 is 0 Å². The minimum absolute atomic E-state index is 0.00231. The van der Waals surface area contributed by atoms with Crippen molar-refractivity contribution in [3.63, 3.8) is 0 Å². The van der Waals surface area contributed by atoms with E-state index in [0.717, 1.165) is 0 Å². The van der Waals surface area contributed by atoms with Crippen LogP contribution in [0.5, 0.6) is 0 Å². The minimum atomic E-state index is -0.00231. The van der Waals surface area contributed by atoms with Crippen LogP contribution in [0.2, 0.25) is 0 Å². The summed E-state index contributed by atoms with van der Waals surface area (Å²) >= 11 is 0. The van der Waals surface area contributed by atoms with Crippen LogP contribution >= 0.6 is 0 Å². The number of quaternary nitrogens is 1. The van der Waals surface area contributed by atoms with Gasteiger partial charge < -0.3 is 10.0 Å². The third-order valence-corrected chi connectivity index (χ3v) is 3.31. The van der Waals surface area contributed by atoms with Gasteiger partial charge in [0.1, 0.15) is 12.1 Å². The van der Waals surface area contributed by atoms with E-state index in [9.17, 15) is 5.11 Å². The fourth-order valence-electron chi connectivity index (χ4n) is 2.46. The van der Waals surface area contributed by atoms with Gasteiger partial charge in [0.15, 0.2) is 0 Å². The van der Waals surface area contributed by atoms with Crippen molar-refractivity contribution < 1.29 is 10.0 Å². The Balaban J connectivity index is 2.13. The molecule has 0 saturated carbocycles. The molecule has 0 unspecified atom stereocenters. The molecule has 2 nitrogen and oxygen atoms in total. The first-order valence-electron chi connectivity index (χ1n) is 4.31. The fraction of sp³-hybridized carbons (Fsp3) is 1.00. The number of piperidine rings is 3. The Bertz CT molecular complexity index is 109. The lowest BCUT2D eigenvalue weighted by Crippen LogP contribution is -3.19. The van der Waals surface area contributed by atoms with Gasteiger partial charge >= 0.3 is 0 Å². The second kappa shape index (κ2) is 2.21. The Morgan fingerprint density at radius 2 is 1.90 bits per heavy atom. The molecule has 0 aromatic rings. The summed E-state index contributed by atoms with van der Waals surface area (Å²) in [5.74, 6) is 0.632. The molecule has 3 saturated heterocycles. The standard InChI is InChI=1S/C8H15NO/c1-6-8(10)7-2-4-9(6)5-3-7/h6-8,10H,2-5H2,1H3/p+1/t6-,8-/m0/s1. The summed E-state index contributed by atoms with van der Waals surface area (Å²) in [7, 11) is 0. The van der Waals surface area contributed by atoms with E-state index in [1.54, 1.807) is 4.90 Å². The average molecular weight is 142 g/mol. The Kier molecular flexibility index (Phi) is 1.46. The Morgan fingerprint density at radius 1 is 1.30 bits per heavy atom. The molecular weight excluding hydrogens is 126 g/mol. The number of aliphatic hydroxyl groups is 1. The summed E-state index contributed by atoms with van der Waals surface area (Å²) in [6.45, 7) is 4.76. The molecule has 10 heavy (non-hydrogen) atoms. The van der Waals surface area contributed by atoms with E-state index in [1.165, 1.54) is 25.9 Å². The monoisotopic (exact) mass is 142 g/mol. The SMILES string of the molecule is C[C@H]1[C@H](O)C2CC[NH+]1CC2. The summed E-state index contributed by atoms with van der Waals surface area (Å²) in [5.41, 5.74) is 0. The van der Waals surface area contributed by atoms with Gasteiger partial charge in [-0.2, -0.15) is 0 Å². The van der Waals surface area contributed by atoms with Crippen molar-refractivity contribution in [2.75, 3.05) is 13.1 Å². The highest BCUT2D eigenvalue weighted by molar-refractivity contribution is 4.80. The second-order valence-electron chi connectivity index (χ2n) is 3.77. The zero-order chi connectivity index (χ0) is 7.14. The van der Waals surface area contributed by atoms with Gasteiger partial charge in [-0.3, -0.25) is 0 Å². The lowest BCUT2D eigenvalue weighted by atomic mass is 9.81. The van der Waals surface area contributed by atoms with Gasteiger partial charge in [0.2, 0.25) is 0 Å². The summed E-state index contributed by atoms with van der Waals surface area (Å²) in [6.07, 6.45) is 2.50. The van der Waals surface area contributed by atoms with Crippen LogP contribution < -0.4 is 4.90 Å². The van der Waals surface area contributed by atoms with E-state index in [2.05, 4.69) is 6.92 Å². The molecule has 0 amide bonds. The smallest absolute Gasteiger partial charge is 0.111 e. The number of aliphatic hydroxyl groups excluding tert-OH is 1. The molecule has 2 atom stereocenters. The van der Waals surface area contributed by atoms with Crippen LogP contribution in [0.1, 0.15) is 19.8 Å². The first-order chi connectivity index (χ1) is 4.79. The number of nitrogens with one attached hydrogen (secondary N) is 1. The van der Waals surface area contributed by atoms with Crippen molar-refractivity contribution in [3.05, 3.63) is 0 Å². The molecule has 0 radical (unpaired) electrons. The number of fused-ring (bicyclic) bond motifs is 3. The van der Waals surface area contributed by atoms with Gasteiger partial charge in [-0.25, -0.2) is 0 Å². The summed E-state index contributed by atoms with van der Waals surface area (Å²) in [6, 6.07) is 0.507. The molecule has 0 spiro atoms. The predicted octanol–water partition coefficient (Wildman–Crippen LogP) is -0.956. The van der Waals surface area contributed by atoms with E-state index < -0.39 is 0 Å². The maximum atomic E-state index is 9.65.